The van der Waals surface area contributed by atoms with Crippen LogP contribution in [0.25, 0.3) is 0 Å². The zero-order valence-electron chi connectivity index (χ0n) is 8.41. The maximum atomic E-state index is 9.12. The Labute approximate surface area is 98.4 Å². The highest BCUT2D eigenvalue weighted by molar-refractivity contribution is 9.10. The van der Waals surface area contributed by atoms with Gasteiger partial charge in [-0.25, -0.2) is 0 Å². The molecule has 15 heavy (non-hydrogen) atoms. The molecule has 3 heteroatoms. The fraction of sp³-hybridized carbons (Fsp3) is 0.417. The molecule has 1 saturated heterocycles. The molecule has 2 rings (SSSR count). The molecule has 1 heterocycles. The zero-order chi connectivity index (χ0) is 10.7. The molecule has 0 radical (unpaired) electrons. The van der Waals surface area contributed by atoms with E-state index in [4.69, 9.17) is 5.26 Å². The molecule has 78 valence electrons. The molecule has 0 spiro atoms. The Morgan fingerprint density at radius 1 is 1.40 bits per heavy atom. The highest BCUT2D eigenvalue weighted by Crippen LogP contribution is 2.33. The Morgan fingerprint density at radius 2 is 2.20 bits per heavy atom. The van der Waals surface area contributed by atoms with E-state index >= 15 is 0 Å². The van der Waals surface area contributed by atoms with Crippen LogP contribution in [0.15, 0.2) is 28.7 Å². The molecule has 0 aliphatic carbocycles. The summed E-state index contributed by atoms with van der Waals surface area (Å²) in [6.45, 7) is 1.86. The lowest BCUT2D eigenvalue weighted by Gasteiger charge is -2.28. The van der Waals surface area contributed by atoms with E-state index in [0.29, 0.717) is 5.92 Å². The number of nitriles is 1. The van der Waals surface area contributed by atoms with Crippen molar-refractivity contribution in [1.29, 1.82) is 5.26 Å². The summed E-state index contributed by atoms with van der Waals surface area (Å²) in [5.41, 5.74) is 1.25. The second-order valence-electron chi connectivity index (χ2n) is 3.86. The van der Waals surface area contributed by atoms with E-state index in [0.717, 1.165) is 24.0 Å². The highest BCUT2D eigenvalue weighted by atomic mass is 79.9. The second-order valence-corrected chi connectivity index (χ2v) is 4.71. The quantitative estimate of drug-likeness (QED) is 0.847. The molecule has 1 N–H and O–H groups in total. The van der Waals surface area contributed by atoms with Crippen molar-refractivity contribution in [3.05, 3.63) is 34.3 Å². The van der Waals surface area contributed by atoms with Crippen LogP contribution in [0.5, 0.6) is 0 Å². The van der Waals surface area contributed by atoms with Crippen molar-refractivity contribution in [3.8, 4) is 6.07 Å². The van der Waals surface area contributed by atoms with Crippen LogP contribution in [-0.2, 0) is 0 Å². The monoisotopic (exact) mass is 264 g/mol. The summed E-state index contributed by atoms with van der Waals surface area (Å²) in [6.07, 6.45) is 0.947. The summed E-state index contributed by atoms with van der Waals surface area (Å²) in [4.78, 5) is 0. The topological polar surface area (TPSA) is 35.8 Å². The van der Waals surface area contributed by atoms with Crippen molar-refractivity contribution < 1.29 is 0 Å². The number of rotatable bonds is 1. The van der Waals surface area contributed by atoms with E-state index in [1.165, 1.54) is 5.56 Å². The summed E-state index contributed by atoms with van der Waals surface area (Å²) >= 11 is 3.55. The molecule has 1 aliphatic heterocycles. The normalized spacial score (nSPS) is 25.9. The Hall–Kier alpha value is -0.850. The fourth-order valence-corrected chi connectivity index (χ4v) is 2.69. The van der Waals surface area contributed by atoms with Crippen LogP contribution >= 0.6 is 15.9 Å². The van der Waals surface area contributed by atoms with Gasteiger partial charge in [-0.1, -0.05) is 34.1 Å². The van der Waals surface area contributed by atoms with Gasteiger partial charge in [0.1, 0.15) is 0 Å². The summed E-state index contributed by atoms with van der Waals surface area (Å²) in [6, 6.07) is 10.6. The first-order chi connectivity index (χ1) is 7.33. The van der Waals surface area contributed by atoms with Gasteiger partial charge < -0.3 is 5.32 Å². The van der Waals surface area contributed by atoms with Gasteiger partial charge in [-0.15, -0.1) is 0 Å². The first-order valence-electron chi connectivity index (χ1n) is 5.17. The predicted molar refractivity (Wildman–Crippen MR) is 63.5 cm³/mol. The third-order valence-corrected chi connectivity index (χ3v) is 3.67. The van der Waals surface area contributed by atoms with Gasteiger partial charge >= 0.3 is 0 Å². The van der Waals surface area contributed by atoms with Crippen molar-refractivity contribution in [1.82, 2.24) is 5.32 Å². The molecule has 1 aliphatic rings. The number of halogens is 1. The van der Waals surface area contributed by atoms with E-state index in [-0.39, 0.29) is 5.92 Å². The Bertz CT molecular complexity index is 383. The van der Waals surface area contributed by atoms with Gasteiger partial charge in [0.15, 0.2) is 0 Å². The van der Waals surface area contributed by atoms with Crippen molar-refractivity contribution in [2.24, 2.45) is 5.92 Å². The molecule has 0 amide bonds. The summed E-state index contributed by atoms with van der Waals surface area (Å²) < 4.78 is 1.11. The molecule has 1 fully saturated rings. The largest absolute Gasteiger partial charge is 0.316 e. The van der Waals surface area contributed by atoms with Crippen molar-refractivity contribution in [2.75, 3.05) is 13.1 Å². The minimum absolute atomic E-state index is 0.143. The van der Waals surface area contributed by atoms with Gasteiger partial charge in [0.25, 0.3) is 0 Å². The zero-order valence-corrected chi connectivity index (χ0v) is 10.00. The van der Waals surface area contributed by atoms with Gasteiger partial charge in [-0.05, 0) is 24.6 Å². The van der Waals surface area contributed by atoms with E-state index < -0.39 is 0 Å². The Balaban J connectivity index is 2.29. The van der Waals surface area contributed by atoms with Crippen LogP contribution in [-0.4, -0.2) is 13.1 Å². The summed E-state index contributed by atoms with van der Waals surface area (Å²) in [5, 5.41) is 12.5. The molecular formula is C12H13BrN2. The molecular weight excluding hydrogens is 252 g/mol. The number of benzene rings is 1. The van der Waals surface area contributed by atoms with E-state index in [1.807, 2.05) is 18.2 Å². The molecule has 2 unspecified atom stereocenters. The lowest BCUT2D eigenvalue weighted by atomic mass is 9.82. The van der Waals surface area contributed by atoms with E-state index in [1.54, 1.807) is 0 Å². The Morgan fingerprint density at radius 3 is 2.93 bits per heavy atom. The average molecular weight is 265 g/mol. The third kappa shape index (κ3) is 2.22. The number of hydrogen-bond acceptors (Lipinski definition) is 2. The number of hydrogen-bond donors (Lipinski definition) is 1. The van der Waals surface area contributed by atoms with Crippen LogP contribution < -0.4 is 5.32 Å². The van der Waals surface area contributed by atoms with Crippen LogP contribution in [0.1, 0.15) is 17.9 Å². The number of piperidine rings is 1. The minimum atomic E-state index is 0.143. The van der Waals surface area contributed by atoms with Gasteiger partial charge in [0.2, 0.25) is 0 Å². The Kier molecular flexibility index (Phi) is 3.40. The molecule has 0 saturated carbocycles. The first kappa shape index (κ1) is 10.7. The minimum Gasteiger partial charge on any atom is -0.316 e. The van der Waals surface area contributed by atoms with Gasteiger partial charge in [-0.3, -0.25) is 0 Å². The standard InChI is InChI=1S/C12H13BrN2/c13-12-4-2-1-3-10(12)11-8-15-6-5-9(11)7-14/h1-4,9,11,15H,5-6,8H2. The summed E-state index contributed by atoms with van der Waals surface area (Å²) in [7, 11) is 0. The fourth-order valence-electron chi connectivity index (χ4n) is 2.12. The van der Waals surface area contributed by atoms with E-state index in [2.05, 4.69) is 33.4 Å². The van der Waals surface area contributed by atoms with E-state index in [9.17, 15) is 0 Å². The number of nitrogens with one attached hydrogen (secondary N) is 1. The number of nitrogens with zero attached hydrogens (tertiary/aromatic N) is 1. The van der Waals surface area contributed by atoms with Crippen molar-refractivity contribution >= 4 is 15.9 Å². The first-order valence-corrected chi connectivity index (χ1v) is 5.97. The molecule has 0 aromatic heterocycles. The lowest BCUT2D eigenvalue weighted by Crippen LogP contribution is -2.34. The molecule has 1 aromatic rings. The highest BCUT2D eigenvalue weighted by Gasteiger charge is 2.27. The van der Waals surface area contributed by atoms with Crippen LogP contribution in [0, 0.1) is 17.2 Å². The molecule has 0 bridgehead atoms. The van der Waals surface area contributed by atoms with Crippen LogP contribution in [0.4, 0.5) is 0 Å². The van der Waals surface area contributed by atoms with Crippen molar-refractivity contribution in [2.45, 2.75) is 12.3 Å². The average Bonchev–Trinajstić information content (AvgIpc) is 2.30. The molecule has 1 aromatic carbocycles. The third-order valence-electron chi connectivity index (χ3n) is 2.95. The van der Waals surface area contributed by atoms with Gasteiger partial charge in [0, 0.05) is 16.9 Å². The summed E-state index contributed by atoms with van der Waals surface area (Å²) in [5.74, 6) is 0.462. The smallest absolute Gasteiger partial charge is 0.0663 e. The van der Waals surface area contributed by atoms with Crippen molar-refractivity contribution in [3.63, 3.8) is 0 Å². The predicted octanol–water partition coefficient (Wildman–Crippen LogP) is 2.67. The maximum absolute atomic E-state index is 9.12. The second kappa shape index (κ2) is 4.78. The van der Waals surface area contributed by atoms with Gasteiger partial charge in [-0.2, -0.15) is 5.26 Å². The van der Waals surface area contributed by atoms with Crippen LogP contribution in [0.2, 0.25) is 0 Å². The van der Waals surface area contributed by atoms with Gasteiger partial charge in [0.05, 0.1) is 12.0 Å². The SMILES string of the molecule is N#CC1CCNCC1c1ccccc1Br. The lowest BCUT2D eigenvalue weighted by molar-refractivity contribution is 0.386. The molecule has 2 atom stereocenters. The molecule has 2 nitrogen and oxygen atoms in total. The van der Waals surface area contributed by atoms with Crippen LogP contribution in [0.3, 0.4) is 0 Å². The maximum Gasteiger partial charge on any atom is 0.0663 e.